The molecule has 0 nitrogen and oxygen atoms in total. The molecular formula is C10H11S. The summed E-state index contributed by atoms with van der Waals surface area (Å²) in [5.74, 6) is 0. The summed E-state index contributed by atoms with van der Waals surface area (Å²) in [5, 5.41) is 1.52. The maximum atomic E-state index is 2.21. The van der Waals surface area contributed by atoms with Gasteiger partial charge in [0.15, 0.2) is 0 Å². The third-order valence-electron chi connectivity index (χ3n) is 2.08. The zero-order chi connectivity index (χ0) is 7.84. The minimum atomic E-state index is 1.17. The quantitative estimate of drug-likeness (QED) is 0.566. The largest absolute Gasteiger partial charge is 0.117 e. The molecular weight excluding hydrogens is 152 g/mol. The lowest BCUT2D eigenvalue weighted by Gasteiger charge is -1.99. The molecule has 0 N–H and O–H groups in total. The van der Waals surface area contributed by atoms with Crippen LogP contribution in [-0.4, -0.2) is 0 Å². The fourth-order valence-corrected chi connectivity index (χ4v) is 2.57. The Hall–Kier alpha value is -0.430. The maximum absolute atomic E-state index is 2.21. The smallest absolute Gasteiger partial charge is 0.0370 e. The minimum absolute atomic E-state index is 1.17. The van der Waals surface area contributed by atoms with Crippen LogP contribution in [0.5, 0.6) is 0 Å². The fourth-order valence-electron chi connectivity index (χ4n) is 1.47. The Morgan fingerprint density at radius 2 is 2.09 bits per heavy atom. The Balaban J connectivity index is 2.49. The lowest BCUT2D eigenvalue weighted by atomic mass is 10.1. The van der Waals surface area contributed by atoms with E-state index >= 15 is 0 Å². The maximum Gasteiger partial charge on any atom is 0.0370 e. The summed E-state index contributed by atoms with van der Waals surface area (Å²) >= 11 is 1.92. The van der Waals surface area contributed by atoms with Gasteiger partial charge in [0.25, 0.3) is 0 Å². The predicted octanol–water partition coefficient (Wildman–Crippen LogP) is 3.20. The van der Waals surface area contributed by atoms with Gasteiger partial charge in [-0.05, 0) is 37.5 Å². The van der Waals surface area contributed by atoms with Crippen molar-refractivity contribution >= 4 is 11.8 Å². The van der Waals surface area contributed by atoms with Crippen molar-refractivity contribution < 1.29 is 0 Å². The van der Waals surface area contributed by atoms with Crippen LogP contribution in [0.1, 0.15) is 18.1 Å². The number of aryl methyl sites for hydroxylation is 1. The molecule has 0 aliphatic carbocycles. The standard InChI is InChI=1S/C10H11S/c1-7-4-3-5-10-9(7)6-8(2)11-10/h3-5H,6H2,1-2H3. The van der Waals surface area contributed by atoms with Crippen molar-refractivity contribution in [1.82, 2.24) is 0 Å². The van der Waals surface area contributed by atoms with Crippen molar-refractivity contribution in [2.45, 2.75) is 25.2 Å². The van der Waals surface area contributed by atoms with Gasteiger partial charge in [-0.15, -0.1) is 11.8 Å². The summed E-state index contributed by atoms with van der Waals surface area (Å²) in [7, 11) is 0. The van der Waals surface area contributed by atoms with E-state index in [1.165, 1.54) is 27.7 Å². The van der Waals surface area contributed by atoms with Crippen molar-refractivity contribution in [2.75, 3.05) is 0 Å². The molecule has 0 bridgehead atoms. The molecule has 1 heterocycles. The molecule has 0 unspecified atom stereocenters. The third kappa shape index (κ3) is 1.18. The summed E-state index contributed by atoms with van der Waals surface area (Å²) < 4.78 is 0. The average Bonchev–Trinajstić information content (AvgIpc) is 2.31. The second-order valence-electron chi connectivity index (χ2n) is 3.03. The fraction of sp³-hybridized carbons (Fsp3) is 0.300. The lowest BCUT2D eigenvalue weighted by Crippen LogP contribution is -1.86. The highest BCUT2D eigenvalue weighted by Crippen LogP contribution is 2.42. The Labute approximate surface area is 72.0 Å². The van der Waals surface area contributed by atoms with E-state index in [0.717, 1.165) is 0 Å². The molecule has 57 valence electrons. The highest BCUT2D eigenvalue weighted by Gasteiger charge is 2.19. The Morgan fingerprint density at radius 3 is 2.82 bits per heavy atom. The van der Waals surface area contributed by atoms with Gasteiger partial charge in [0, 0.05) is 10.1 Å². The molecule has 1 aliphatic heterocycles. The molecule has 11 heavy (non-hydrogen) atoms. The van der Waals surface area contributed by atoms with Crippen LogP contribution < -0.4 is 0 Å². The molecule has 1 aromatic carbocycles. The van der Waals surface area contributed by atoms with Crippen molar-refractivity contribution in [1.29, 1.82) is 0 Å². The van der Waals surface area contributed by atoms with Crippen molar-refractivity contribution in [2.24, 2.45) is 0 Å². The van der Waals surface area contributed by atoms with Crippen LogP contribution in [0.15, 0.2) is 23.1 Å². The molecule has 0 aromatic heterocycles. The Kier molecular flexibility index (Phi) is 1.68. The third-order valence-corrected chi connectivity index (χ3v) is 3.17. The normalized spacial score (nSPS) is 16.9. The van der Waals surface area contributed by atoms with E-state index in [1.807, 2.05) is 11.8 Å². The van der Waals surface area contributed by atoms with E-state index in [4.69, 9.17) is 0 Å². The van der Waals surface area contributed by atoms with Crippen LogP contribution in [0.4, 0.5) is 0 Å². The Bertz CT molecular complexity index is 278. The highest BCUT2D eigenvalue weighted by atomic mass is 32.2. The van der Waals surface area contributed by atoms with E-state index in [0.29, 0.717) is 0 Å². The van der Waals surface area contributed by atoms with Gasteiger partial charge in [0.2, 0.25) is 0 Å². The number of hydrogen-bond acceptors (Lipinski definition) is 1. The van der Waals surface area contributed by atoms with Gasteiger partial charge >= 0.3 is 0 Å². The highest BCUT2D eigenvalue weighted by molar-refractivity contribution is 8.02. The van der Waals surface area contributed by atoms with Gasteiger partial charge in [-0.1, -0.05) is 12.1 Å². The van der Waals surface area contributed by atoms with Crippen molar-refractivity contribution in [3.63, 3.8) is 0 Å². The van der Waals surface area contributed by atoms with E-state index in [2.05, 4.69) is 32.0 Å². The van der Waals surface area contributed by atoms with Crippen LogP contribution in [0, 0.1) is 12.2 Å². The summed E-state index contributed by atoms with van der Waals surface area (Å²) in [6.07, 6.45) is 1.17. The molecule has 0 spiro atoms. The van der Waals surface area contributed by atoms with Crippen LogP contribution in [-0.2, 0) is 6.42 Å². The van der Waals surface area contributed by atoms with Gasteiger partial charge in [0.05, 0.1) is 0 Å². The van der Waals surface area contributed by atoms with Crippen LogP contribution in [0.2, 0.25) is 0 Å². The number of thioether (sulfide) groups is 1. The SMILES string of the molecule is C[C]1Cc2c(C)cccc2S1. The molecule has 1 radical (unpaired) electrons. The lowest BCUT2D eigenvalue weighted by molar-refractivity contribution is 1.07. The molecule has 0 amide bonds. The topological polar surface area (TPSA) is 0 Å². The van der Waals surface area contributed by atoms with Gasteiger partial charge in [0.1, 0.15) is 0 Å². The van der Waals surface area contributed by atoms with Crippen LogP contribution in [0.25, 0.3) is 0 Å². The summed E-state index contributed by atoms with van der Waals surface area (Å²) in [6.45, 7) is 4.40. The van der Waals surface area contributed by atoms with Crippen LogP contribution >= 0.6 is 11.8 Å². The second-order valence-corrected chi connectivity index (χ2v) is 4.37. The molecule has 0 fully saturated rings. The van der Waals surface area contributed by atoms with Crippen LogP contribution in [0.3, 0.4) is 0 Å². The number of rotatable bonds is 0. The minimum Gasteiger partial charge on any atom is -0.117 e. The van der Waals surface area contributed by atoms with E-state index in [1.54, 1.807) is 0 Å². The molecule has 1 aliphatic rings. The molecule has 2 rings (SSSR count). The number of fused-ring (bicyclic) bond motifs is 1. The number of hydrogen-bond donors (Lipinski definition) is 0. The van der Waals surface area contributed by atoms with E-state index in [9.17, 15) is 0 Å². The van der Waals surface area contributed by atoms with Gasteiger partial charge < -0.3 is 0 Å². The van der Waals surface area contributed by atoms with Crippen molar-refractivity contribution in [3.8, 4) is 0 Å². The summed E-state index contributed by atoms with van der Waals surface area (Å²) in [5.41, 5.74) is 2.97. The first kappa shape index (κ1) is 7.23. The average molecular weight is 163 g/mol. The first-order valence-corrected chi connectivity index (χ1v) is 4.68. The zero-order valence-corrected chi connectivity index (χ0v) is 7.66. The molecule has 1 heteroatoms. The number of benzene rings is 1. The molecule has 0 saturated heterocycles. The first-order valence-electron chi connectivity index (χ1n) is 3.86. The molecule has 0 saturated carbocycles. The van der Waals surface area contributed by atoms with Gasteiger partial charge in [-0.2, -0.15) is 0 Å². The monoisotopic (exact) mass is 163 g/mol. The summed E-state index contributed by atoms with van der Waals surface area (Å²) in [6, 6.07) is 6.54. The predicted molar refractivity (Wildman–Crippen MR) is 49.7 cm³/mol. The second kappa shape index (κ2) is 2.56. The van der Waals surface area contributed by atoms with E-state index < -0.39 is 0 Å². The molecule has 0 atom stereocenters. The van der Waals surface area contributed by atoms with Crippen molar-refractivity contribution in [3.05, 3.63) is 34.6 Å². The summed E-state index contributed by atoms with van der Waals surface area (Å²) in [4.78, 5) is 1.46. The molecule has 1 aromatic rings. The van der Waals surface area contributed by atoms with Gasteiger partial charge in [-0.3, -0.25) is 0 Å². The Morgan fingerprint density at radius 1 is 1.27 bits per heavy atom. The first-order chi connectivity index (χ1) is 5.27. The zero-order valence-electron chi connectivity index (χ0n) is 6.85. The van der Waals surface area contributed by atoms with E-state index in [-0.39, 0.29) is 0 Å². The van der Waals surface area contributed by atoms with Gasteiger partial charge in [-0.25, -0.2) is 0 Å².